The molecule has 0 aliphatic carbocycles. The first-order chi connectivity index (χ1) is 17.1. The molecule has 3 aromatic carbocycles. The van der Waals surface area contributed by atoms with Crippen LogP contribution in [0.3, 0.4) is 0 Å². The van der Waals surface area contributed by atoms with Crippen molar-refractivity contribution < 1.29 is 9.47 Å². The van der Waals surface area contributed by atoms with E-state index in [2.05, 4.69) is 37.0 Å². The van der Waals surface area contributed by atoms with Gasteiger partial charge in [-0.3, -0.25) is 4.79 Å². The molecule has 0 spiro atoms. The smallest absolute Gasteiger partial charge is 0.282 e. The highest BCUT2D eigenvalue weighted by Crippen LogP contribution is 2.35. The van der Waals surface area contributed by atoms with Gasteiger partial charge in [0, 0.05) is 30.5 Å². The lowest BCUT2D eigenvalue weighted by Crippen LogP contribution is -2.29. The zero-order valence-electron chi connectivity index (χ0n) is 20.2. The fourth-order valence-electron chi connectivity index (χ4n) is 3.62. The summed E-state index contributed by atoms with van der Waals surface area (Å²) in [7, 11) is 1.57. The van der Waals surface area contributed by atoms with Gasteiger partial charge in [0.15, 0.2) is 11.5 Å². The lowest BCUT2D eigenvalue weighted by atomic mass is 9.95. The quantitative estimate of drug-likeness (QED) is 0.209. The minimum absolute atomic E-state index is 0.233. The van der Waals surface area contributed by atoms with Gasteiger partial charge in [0.25, 0.3) is 5.56 Å². The first-order valence-corrected chi connectivity index (χ1v) is 13.1. The van der Waals surface area contributed by atoms with Crippen molar-refractivity contribution in [1.29, 1.82) is 0 Å². The number of halogens is 3. The molecule has 9 heteroatoms. The van der Waals surface area contributed by atoms with Crippen LogP contribution in [0, 0.1) is 0 Å². The first-order valence-electron chi connectivity index (χ1n) is 11.1. The average molecular weight is 634 g/mol. The molecule has 0 aliphatic heterocycles. The van der Waals surface area contributed by atoms with Crippen LogP contribution in [-0.2, 0) is 12.0 Å². The summed E-state index contributed by atoms with van der Waals surface area (Å²) in [6.45, 7) is 6.21. The van der Waals surface area contributed by atoms with Gasteiger partial charge in [-0.25, -0.2) is 4.98 Å². The molecule has 0 saturated heterocycles. The van der Waals surface area contributed by atoms with E-state index in [0.717, 1.165) is 14.5 Å². The molecule has 4 rings (SSSR count). The molecule has 4 aromatic rings. The Morgan fingerprint density at radius 2 is 1.83 bits per heavy atom. The number of methoxy groups -OCH3 is 1. The highest BCUT2D eigenvalue weighted by Gasteiger charge is 2.23. The lowest BCUT2D eigenvalue weighted by Gasteiger charge is -2.21. The molecule has 0 bridgehead atoms. The summed E-state index contributed by atoms with van der Waals surface area (Å²) < 4.78 is 14.6. The van der Waals surface area contributed by atoms with Gasteiger partial charge in [-0.15, -0.1) is 0 Å². The lowest BCUT2D eigenvalue weighted by molar-refractivity contribution is 0.284. The summed E-state index contributed by atoms with van der Waals surface area (Å²) in [6, 6.07) is 16.6. The Hall–Kier alpha value is -2.68. The molecule has 0 radical (unpaired) electrons. The zero-order chi connectivity index (χ0) is 26.0. The molecular weight excluding hydrogens is 610 g/mol. The van der Waals surface area contributed by atoms with Crippen LogP contribution in [0.2, 0.25) is 5.02 Å². The van der Waals surface area contributed by atoms with Crippen molar-refractivity contribution >= 4 is 60.6 Å². The van der Waals surface area contributed by atoms with Crippen molar-refractivity contribution in [1.82, 2.24) is 9.66 Å². The second-order valence-corrected chi connectivity index (χ2v) is 11.4. The summed E-state index contributed by atoms with van der Waals surface area (Å²) >= 11 is 13.3. The highest BCUT2D eigenvalue weighted by atomic mass is 79.9. The van der Waals surface area contributed by atoms with Gasteiger partial charge >= 0.3 is 0 Å². The Morgan fingerprint density at radius 3 is 2.53 bits per heavy atom. The van der Waals surface area contributed by atoms with Crippen molar-refractivity contribution in [3.8, 4) is 11.5 Å². The van der Waals surface area contributed by atoms with Crippen molar-refractivity contribution in [3.63, 3.8) is 0 Å². The van der Waals surface area contributed by atoms with E-state index in [1.54, 1.807) is 25.5 Å². The van der Waals surface area contributed by atoms with Crippen LogP contribution in [0.25, 0.3) is 10.9 Å². The van der Waals surface area contributed by atoms with E-state index in [1.165, 1.54) is 4.68 Å². The van der Waals surface area contributed by atoms with E-state index < -0.39 is 5.41 Å². The minimum Gasteiger partial charge on any atom is -0.493 e. The maximum absolute atomic E-state index is 13.5. The first kappa shape index (κ1) is 26.4. The SMILES string of the molecule is COc1cc(Br)cc(C=Nn2c(C(C)(C)C)nc3ccc(Br)cc3c2=O)c1OCc1ccccc1Cl. The molecule has 0 N–H and O–H groups in total. The molecule has 0 atom stereocenters. The van der Waals surface area contributed by atoms with Gasteiger partial charge in [-0.2, -0.15) is 9.78 Å². The van der Waals surface area contributed by atoms with Crippen LogP contribution < -0.4 is 15.0 Å². The Labute approximate surface area is 231 Å². The summed E-state index contributed by atoms with van der Waals surface area (Å²) in [5, 5.41) is 5.67. The number of aromatic nitrogens is 2. The minimum atomic E-state index is -0.434. The van der Waals surface area contributed by atoms with Crippen molar-refractivity contribution in [3.05, 3.63) is 95.9 Å². The number of ether oxygens (including phenoxy) is 2. The molecule has 36 heavy (non-hydrogen) atoms. The van der Waals surface area contributed by atoms with E-state index in [9.17, 15) is 4.79 Å². The molecule has 0 aliphatic rings. The predicted octanol–water partition coefficient (Wildman–Crippen LogP) is 7.34. The van der Waals surface area contributed by atoms with E-state index in [0.29, 0.717) is 38.8 Å². The summed E-state index contributed by atoms with van der Waals surface area (Å²) in [4.78, 5) is 18.3. The number of fused-ring (bicyclic) bond motifs is 1. The number of benzene rings is 3. The van der Waals surface area contributed by atoms with Gasteiger partial charge in [0.1, 0.15) is 12.4 Å². The molecule has 0 saturated carbocycles. The standard InChI is InChI=1S/C27H24Br2ClN3O3/c1-27(2,3)26-32-22-10-9-18(28)12-20(22)25(34)33(26)31-14-17-11-19(29)13-23(35-4)24(17)36-15-16-7-5-6-8-21(16)30/h5-14H,15H2,1-4H3. The number of rotatable bonds is 6. The van der Waals surface area contributed by atoms with E-state index in [4.69, 9.17) is 26.1 Å². The molecule has 186 valence electrons. The van der Waals surface area contributed by atoms with Crippen LogP contribution in [0.4, 0.5) is 0 Å². The Bertz CT molecular complexity index is 1530. The summed E-state index contributed by atoms with van der Waals surface area (Å²) in [5.74, 6) is 1.53. The Kier molecular flexibility index (Phi) is 7.87. The van der Waals surface area contributed by atoms with Crippen molar-refractivity contribution in [2.75, 3.05) is 7.11 Å². The molecule has 0 fully saturated rings. The van der Waals surface area contributed by atoms with Crippen LogP contribution >= 0.6 is 43.5 Å². The third kappa shape index (κ3) is 5.66. The maximum atomic E-state index is 13.5. The molecular formula is C27H24Br2ClN3O3. The van der Waals surface area contributed by atoms with Crippen molar-refractivity contribution in [2.45, 2.75) is 32.8 Å². The van der Waals surface area contributed by atoms with Crippen LogP contribution in [-0.4, -0.2) is 23.0 Å². The van der Waals surface area contributed by atoms with Crippen LogP contribution in [0.5, 0.6) is 11.5 Å². The zero-order valence-corrected chi connectivity index (χ0v) is 24.1. The van der Waals surface area contributed by atoms with Gasteiger partial charge in [-0.1, -0.05) is 82.4 Å². The summed E-state index contributed by atoms with van der Waals surface area (Å²) in [6.07, 6.45) is 1.58. The number of hydrogen-bond acceptors (Lipinski definition) is 5. The maximum Gasteiger partial charge on any atom is 0.282 e. The van der Waals surface area contributed by atoms with Crippen molar-refractivity contribution in [2.24, 2.45) is 5.10 Å². The third-order valence-electron chi connectivity index (χ3n) is 5.39. The van der Waals surface area contributed by atoms with E-state index in [1.807, 2.05) is 63.2 Å². The summed E-state index contributed by atoms with van der Waals surface area (Å²) in [5.41, 5.74) is 1.38. The predicted molar refractivity (Wildman–Crippen MR) is 152 cm³/mol. The normalized spacial score (nSPS) is 11.9. The molecule has 6 nitrogen and oxygen atoms in total. The second-order valence-electron chi connectivity index (χ2n) is 9.11. The van der Waals surface area contributed by atoms with Gasteiger partial charge in [0.2, 0.25) is 0 Å². The average Bonchev–Trinajstić information content (AvgIpc) is 2.83. The monoisotopic (exact) mass is 631 g/mol. The molecule has 0 amide bonds. The van der Waals surface area contributed by atoms with E-state index in [-0.39, 0.29) is 12.2 Å². The molecule has 1 heterocycles. The third-order valence-corrected chi connectivity index (χ3v) is 6.71. The van der Waals surface area contributed by atoms with Crippen LogP contribution in [0.15, 0.2) is 73.4 Å². The highest BCUT2D eigenvalue weighted by molar-refractivity contribution is 9.10. The number of hydrogen-bond donors (Lipinski definition) is 0. The van der Waals surface area contributed by atoms with Crippen LogP contribution in [0.1, 0.15) is 37.7 Å². The van der Waals surface area contributed by atoms with E-state index >= 15 is 0 Å². The van der Waals surface area contributed by atoms with Gasteiger partial charge < -0.3 is 9.47 Å². The molecule has 0 unspecified atom stereocenters. The van der Waals surface area contributed by atoms with Gasteiger partial charge in [-0.05, 0) is 36.4 Å². The second kappa shape index (κ2) is 10.7. The Morgan fingerprint density at radius 1 is 1.08 bits per heavy atom. The molecule has 1 aromatic heterocycles. The number of nitrogens with zero attached hydrogens (tertiary/aromatic N) is 3. The topological polar surface area (TPSA) is 65.7 Å². The fourth-order valence-corrected chi connectivity index (χ4v) is 4.62. The van der Waals surface area contributed by atoms with Gasteiger partial charge in [0.05, 0.1) is 24.2 Å². The fraction of sp³-hybridized carbons (Fsp3) is 0.222. The largest absolute Gasteiger partial charge is 0.493 e. The Balaban J connectivity index is 1.83.